The van der Waals surface area contributed by atoms with Crippen molar-refractivity contribution in [1.82, 2.24) is 15.3 Å². The van der Waals surface area contributed by atoms with Gasteiger partial charge in [0.2, 0.25) is 5.91 Å². The van der Waals surface area contributed by atoms with Gasteiger partial charge >= 0.3 is 6.09 Å². The quantitative estimate of drug-likeness (QED) is 0.508. The predicted molar refractivity (Wildman–Crippen MR) is 124 cm³/mol. The van der Waals surface area contributed by atoms with Gasteiger partial charge in [-0.15, -0.1) is 0 Å². The first-order valence-electron chi connectivity index (χ1n) is 11.1. The van der Waals surface area contributed by atoms with Gasteiger partial charge in [-0.05, 0) is 63.1 Å². The van der Waals surface area contributed by atoms with Crippen molar-refractivity contribution < 1.29 is 14.3 Å². The maximum atomic E-state index is 12.9. The van der Waals surface area contributed by atoms with Gasteiger partial charge in [-0.25, -0.2) is 9.78 Å². The number of rotatable bonds is 6. The summed E-state index contributed by atoms with van der Waals surface area (Å²) in [6.07, 6.45) is 6.44. The SMILES string of the molecule is CC(C)(NC(=O)OCc1ccccc1)C1CCC(C(=O)Nc2ccnc3[nH]ccc23)CC1. The number of pyridine rings is 1. The molecular formula is C25H30N4O3. The minimum Gasteiger partial charge on any atom is -0.445 e. The van der Waals surface area contributed by atoms with Crippen LogP contribution in [0.15, 0.2) is 54.9 Å². The number of nitrogens with zero attached hydrogens (tertiary/aromatic N) is 1. The van der Waals surface area contributed by atoms with Crippen molar-refractivity contribution in [2.75, 3.05) is 5.32 Å². The molecule has 3 N–H and O–H groups in total. The number of anilines is 1. The van der Waals surface area contributed by atoms with E-state index in [1.807, 2.05) is 62.5 Å². The number of ether oxygens (including phenoxy) is 1. The summed E-state index contributed by atoms with van der Waals surface area (Å²) in [5, 5.41) is 7.01. The Morgan fingerprint density at radius 2 is 1.84 bits per heavy atom. The number of alkyl carbamates (subject to hydrolysis) is 1. The van der Waals surface area contributed by atoms with Gasteiger partial charge in [-0.2, -0.15) is 0 Å². The lowest BCUT2D eigenvalue weighted by Gasteiger charge is -2.39. The van der Waals surface area contributed by atoms with E-state index in [9.17, 15) is 9.59 Å². The van der Waals surface area contributed by atoms with Crippen molar-refractivity contribution in [3.8, 4) is 0 Å². The molecule has 0 radical (unpaired) electrons. The molecule has 1 saturated carbocycles. The molecule has 2 heterocycles. The number of benzene rings is 1. The maximum absolute atomic E-state index is 12.9. The summed E-state index contributed by atoms with van der Waals surface area (Å²) in [5.41, 5.74) is 2.10. The molecular weight excluding hydrogens is 404 g/mol. The van der Waals surface area contributed by atoms with Gasteiger partial charge in [-0.1, -0.05) is 30.3 Å². The van der Waals surface area contributed by atoms with Crippen molar-refractivity contribution in [3.63, 3.8) is 0 Å². The van der Waals surface area contributed by atoms with Crippen LogP contribution in [0.5, 0.6) is 0 Å². The number of nitrogens with one attached hydrogen (secondary N) is 3. The Morgan fingerprint density at radius 1 is 1.09 bits per heavy atom. The molecule has 7 heteroatoms. The van der Waals surface area contributed by atoms with Gasteiger partial charge in [0.05, 0.1) is 5.69 Å². The highest BCUT2D eigenvalue weighted by molar-refractivity contribution is 6.00. The van der Waals surface area contributed by atoms with Crippen LogP contribution < -0.4 is 10.6 Å². The van der Waals surface area contributed by atoms with E-state index in [2.05, 4.69) is 20.6 Å². The van der Waals surface area contributed by atoms with Crippen LogP contribution in [0.25, 0.3) is 11.0 Å². The van der Waals surface area contributed by atoms with E-state index in [4.69, 9.17) is 4.74 Å². The molecule has 0 atom stereocenters. The van der Waals surface area contributed by atoms with E-state index >= 15 is 0 Å². The average molecular weight is 435 g/mol. The number of hydrogen-bond donors (Lipinski definition) is 3. The number of amides is 2. The fourth-order valence-corrected chi connectivity index (χ4v) is 4.51. The van der Waals surface area contributed by atoms with E-state index in [0.717, 1.165) is 48.0 Å². The molecule has 0 aliphatic heterocycles. The summed E-state index contributed by atoms with van der Waals surface area (Å²) in [6.45, 7) is 4.31. The highest BCUT2D eigenvalue weighted by Gasteiger charge is 2.36. The molecule has 1 aromatic carbocycles. The van der Waals surface area contributed by atoms with E-state index in [0.29, 0.717) is 0 Å². The minimum atomic E-state index is -0.410. The Labute approximate surface area is 188 Å². The minimum absolute atomic E-state index is 0.0331. The Kier molecular flexibility index (Phi) is 6.44. The molecule has 0 spiro atoms. The molecule has 3 aromatic rings. The van der Waals surface area contributed by atoms with Crippen molar-refractivity contribution >= 4 is 28.7 Å². The van der Waals surface area contributed by atoms with Crippen LogP contribution in [0.2, 0.25) is 0 Å². The molecule has 0 saturated heterocycles. The lowest BCUT2D eigenvalue weighted by molar-refractivity contribution is -0.121. The van der Waals surface area contributed by atoms with Crippen molar-refractivity contribution in [2.24, 2.45) is 11.8 Å². The number of carbonyl (C=O) groups excluding carboxylic acids is 2. The summed E-state index contributed by atoms with van der Waals surface area (Å²) < 4.78 is 5.39. The molecule has 2 amide bonds. The van der Waals surface area contributed by atoms with Crippen molar-refractivity contribution in [2.45, 2.75) is 51.7 Å². The lowest BCUT2D eigenvalue weighted by Crippen LogP contribution is -2.50. The van der Waals surface area contributed by atoms with E-state index in [-0.39, 0.29) is 24.3 Å². The third-order valence-corrected chi connectivity index (χ3v) is 6.47. The van der Waals surface area contributed by atoms with Gasteiger partial charge < -0.3 is 20.4 Å². The molecule has 168 valence electrons. The van der Waals surface area contributed by atoms with Crippen LogP contribution >= 0.6 is 0 Å². The molecule has 1 aliphatic rings. The standard InChI is InChI=1S/C25H30N4O3/c1-25(2,29-24(31)32-16-17-6-4-3-5-7-17)19-10-8-18(9-11-19)23(30)28-21-13-15-27-22-20(21)12-14-26-22/h3-7,12-15,18-19H,8-11,16H2,1-2H3,(H,29,31)(H2,26,27,28,30). The van der Waals surface area contributed by atoms with Gasteiger partial charge in [0.15, 0.2) is 0 Å². The van der Waals surface area contributed by atoms with Crippen molar-refractivity contribution in [3.05, 3.63) is 60.4 Å². The second-order valence-electron chi connectivity index (χ2n) is 9.04. The molecule has 32 heavy (non-hydrogen) atoms. The second-order valence-corrected chi connectivity index (χ2v) is 9.04. The lowest BCUT2D eigenvalue weighted by atomic mass is 9.73. The largest absolute Gasteiger partial charge is 0.445 e. The molecule has 0 bridgehead atoms. The van der Waals surface area contributed by atoms with Crippen LogP contribution in [0, 0.1) is 11.8 Å². The predicted octanol–water partition coefficient (Wildman–Crippen LogP) is 5.01. The summed E-state index contributed by atoms with van der Waals surface area (Å²) in [6, 6.07) is 13.4. The maximum Gasteiger partial charge on any atom is 0.407 e. The number of H-pyrrole nitrogens is 1. The third-order valence-electron chi connectivity index (χ3n) is 6.47. The Balaban J connectivity index is 1.27. The van der Waals surface area contributed by atoms with Crippen LogP contribution in [0.1, 0.15) is 45.1 Å². The molecule has 1 aliphatic carbocycles. The Bertz CT molecular complexity index is 1070. The zero-order valence-corrected chi connectivity index (χ0v) is 18.6. The highest BCUT2D eigenvalue weighted by Crippen LogP contribution is 2.36. The first kappa shape index (κ1) is 21.9. The fraction of sp³-hybridized carbons (Fsp3) is 0.400. The highest BCUT2D eigenvalue weighted by atomic mass is 16.5. The van der Waals surface area contributed by atoms with Gasteiger partial charge in [0.25, 0.3) is 0 Å². The molecule has 0 unspecified atom stereocenters. The van der Waals surface area contributed by atoms with Gasteiger partial charge in [-0.3, -0.25) is 4.79 Å². The number of aromatic amines is 1. The molecule has 2 aromatic heterocycles. The summed E-state index contributed by atoms with van der Waals surface area (Å²) in [4.78, 5) is 32.5. The van der Waals surface area contributed by atoms with E-state index < -0.39 is 11.6 Å². The van der Waals surface area contributed by atoms with Gasteiger partial charge in [0.1, 0.15) is 12.3 Å². The number of carbonyl (C=O) groups is 2. The summed E-state index contributed by atoms with van der Waals surface area (Å²) in [5.74, 6) is 0.299. The number of hydrogen-bond acceptors (Lipinski definition) is 4. The number of fused-ring (bicyclic) bond motifs is 1. The first-order valence-corrected chi connectivity index (χ1v) is 11.1. The smallest absolute Gasteiger partial charge is 0.407 e. The molecule has 1 fully saturated rings. The zero-order chi connectivity index (χ0) is 22.6. The zero-order valence-electron chi connectivity index (χ0n) is 18.6. The van der Waals surface area contributed by atoms with Crippen molar-refractivity contribution in [1.29, 1.82) is 0 Å². The summed E-state index contributed by atoms with van der Waals surface area (Å²) in [7, 11) is 0. The van der Waals surface area contributed by atoms with Crippen LogP contribution in [0.4, 0.5) is 10.5 Å². The Hall–Kier alpha value is -3.35. The molecule has 7 nitrogen and oxygen atoms in total. The van der Waals surface area contributed by atoms with Gasteiger partial charge in [0, 0.05) is 29.2 Å². The Morgan fingerprint density at radius 3 is 2.59 bits per heavy atom. The summed E-state index contributed by atoms with van der Waals surface area (Å²) >= 11 is 0. The first-order chi connectivity index (χ1) is 15.4. The second kappa shape index (κ2) is 9.42. The van der Waals surface area contributed by atoms with Crippen LogP contribution in [-0.2, 0) is 16.1 Å². The average Bonchev–Trinajstić information content (AvgIpc) is 3.28. The number of aromatic nitrogens is 2. The van der Waals surface area contributed by atoms with Crippen LogP contribution in [-0.4, -0.2) is 27.5 Å². The molecule has 4 rings (SSSR count). The fourth-order valence-electron chi connectivity index (χ4n) is 4.51. The normalized spacial score (nSPS) is 18.8. The monoisotopic (exact) mass is 434 g/mol. The van der Waals surface area contributed by atoms with E-state index in [1.165, 1.54) is 0 Å². The third kappa shape index (κ3) is 5.10. The van der Waals surface area contributed by atoms with E-state index in [1.54, 1.807) is 6.20 Å². The van der Waals surface area contributed by atoms with Crippen LogP contribution in [0.3, 0.4) is 0 Å². The topological polar surface area (TPSA) is 96.1 Å².